The summed E-state index contributed by atoms with van der Waals surface area (Å²) in [7, 11) is 0. The van der Waals surface area contributed by atoms with Gasteiger partial charge < -0.3 is 19.9 Å². The SMILES string of the molecule is CC1=NC(C=C2C(=O)NC3=C2CC(CN2CCOC2=O)C=C3)=C(C)C1CN1C[C@H]2C[C@H]2C1. The first-order chi connectivity index (χ1) is 15.5. The van der Waals surface area contributed by atoms with Gasteiger partial charge in [-0.1, -0.05) is 6.08 Å². The maximum absolute atomic E-state index is 12.8. The average molecular weight is 435 g/mol. The first kappa shape index (κ1) is 20.0. The summed E-state index contributed by atoms with van der Waals surface area (Å²) in [4.78, 5) is 33.8. The van der Waals surface area contributed by atoms with Crippen LogP contribution in [0.15, 0.2) is 51.3 Å². The van der Waals surface area contributed by atoms with Crippen molar-refractivity contribution in [2.75, 3.05) is 39.3 Å². The summed E-state index contributed by atoms with van der Waals surface area (Å²) in [6, 6.07) is 0. The molecule has 0 aromatic carbocycles. The van der Waals surface area contributed by atoms with Crippen molar-refractivity contribution in [3.63, 3.8) is 0 Å². The standard InChI is InChI=1S/C25H30N4O3/c1-14-21(13-28-11-17-8-18(17)12-28)15(2)26-23(14)9-20-19-7-16(3-4-22(19)27-24(20)30)10-29-5-6-32-25(29)31/h3-4,9,16-18,21H,5-8,10-13H2,1-2H3,(H,27,30)/t16?,17-,18+,21?. The molecule has 3 fully saturated rings. The lowest BCUT2D eigenvalue weighted by Crippen LogP contribution is -2.31. The second-order valence-electron chi connectivity index (χ2n) is 10.1. The molecule has 4 atom stereocenters. The molecule has 7 nitrogen and oxygen atoms in total. The van der Waals surface area contributed by atoms with Gasteiger partial charge in [-0.2, -0.15) is 0 Å². The second-order valence-corrected chi connectivity index (χ2v) is 10.1. The van der Waals surface area contributed by atoms with Crippen molar-refractivity contribution in [2.24, 2.45) is 28.7 Å². The lowest BCUT2D eigenvalue weighted by atomic mass is 9.88. The van der Waals surface area contributed by atoms with Crippen molar-refractivity contribution in [1.29, 1.82) is 0 Å². The molecule has 2 amide bonds. The Labute approximate surface area is 188 Å². The van der Waals surface area contributed by atoms with E-state index in [0.29, 0.717) is 31.2 Å². The number of ether oxygens (including phenoxy) is 1. The molecule has 7 heteroatoms. The number of nitrogens with zero attached hydrogens (tertiary/aromatic N) is 3. The number of carbonyl (C=O) groups is 2. The summed E-state index contributed by atoms with van der Waals surface area (Å²) in [6.07, 6.45) is 7.96. The van der Waals surface area contributed by atoms with Gasteiger partial charge in [0, 0.05) is 49.1 Å². The topological polar surface area (TPSA) is 74.2 Å². The Hall–Kier alpha value is -2.67. The highest BCUT2D eigenvalue weighted by molar-refractivity contribution is 6.04. The van der Waals surface area contributed by atoms with E-state index in [2.05, 4.69) is 30.1 Å². The maximum atomic E-state index is 12.8. The van der Waals surface area contributed by atoms with Gasteiger partial charge in [-0.15, -0.1) is 0 Å². The average Bonchev–Trinajstić information content (AvgIpc) is 3.05. The van der Waals surface area contributed by atoms with E-state index in [9.17, 15) is 9.59 Å². The Morgan fingerprint density at radius 2 is 2.03 bits per heavy atom. The van der Waals surface area contributed by atoms with Crippen molar-refractivity contribution in [3.05, 3.63) is 46.3 Å². The highest BCUT2D eigenvalue weighted by Gasteiger charge is 2.45. The normalized spacial score (nSPS) is 35.0. The molecule has 0 spiro atoms. The van der Waals surface area contributed by atoms with Gasteiger partial charge in [0.1, 0.15) is 6.61 Å². The van der Waals surface area contributed by atoms with Crippen molar-refractivity contribution >= 4 is 17.7 Å². The summed E-state index contributed by atoms with van der Waals surface area (Å²) in [6.45, 7) is 9.49. The monoisotopic (exact) mass is 434 g/mol. The van der Waals surface area contributed by atoms with Gasteiger partial charge in [-0.3, -0.25) is 9.79 Å². The summed E-state index contributed by atoms with van der Waals surface area (Å²) < 4.78 is 5.06. The van der Waals surface area contributed by atoms with Gasteiger partial charge in [-0.05, 0) is 67.7 Å². The van der Waals surface area contributed by atoms with Crippen LogP contribution in [-0.4, -0.2) is 66.8 Å². The number of allylic oxidation sites excluding steroid dienone is 2. The highest BCUT2D eigenvalue weighted by Crippen LogP contribution is 2.45. The van der Waals surface area contributed by atoms with E-state index in [-0.39, 0.29) is 17.9 Å². The second kappa shape index (κ2) is 7.44. The zero-order chi connectivity index (χ0) is 22.0. The Kier molecular flexibility index (Phi) is 4.64. The molecule has 0 aromatic heterocycles. The molecule has 168 valence electrons. The third kappa shape index (κ3) is 3.43. The highest BCUT2D eigenvalue weighted by atomic mass is 16.6. The number of likely N-dealkylation sites (tertiary alicyclic amines) is 1. The molecule has 32 heavy (non-hydrogen) atoms. The number of hydrogen-bond donors (Lipinski definition) is 1. The van der Waals surface area contributed by atoms with E-state index in [1.165, 1.54) is 25.1 Å². The fourth-order valence-electron chi connectivity index (χ4n) is 5.93. The first-order valence-corrected chi connectivity index (χ1v) is 11.8. The Bertz CT molecular complexity index is 1040. The van der Waals surface area contributed by atoms with Gasteiger partial charge >= 0.3 is 6.09 Å². The van der Waals surface area contributed by atoms with Gasteiger partial charge in [0.25, 0.3) is 5.91 Å². The van der Waals surface area contributed by atoms with Crippen LogP contribution in [0.5, 0.6) is 0 Å². The number of carbonyl (C=O) groups excluding carboxylic acids is 2. The predicted molar refractivity (Wildman–Crippen MR) is 121 cm³/mol. The Morgan fingerprint density at radius 3 is 2.78 bits per heavy atom. The molecular formula is C25H30N4O3. The molecule has 6 rings (SSSR count). The van der Waals surface area contributed by atoms with Crippen LogP contribution >= 0.6 is 0 Å². The van der Waals surface area contributed by atoms with Crippen LogP contribution in [-0.2, 0) is 9.53 Å². The molecule has 2 unspecified atom stereocenters. The van der Waals surface area contributed by atoms with E-state index in [1.54, 1.807) is 4.90 Å². The van der Waals surface area contributed by atoms with Crippen molar-refractivity contribution in [1.82, 2.24) is 15.1 Å². The van der Waals surface area contributed by atoms with Crippen molar-refractivity contribution in [2.45, 2.75) is 26.7 Å². The number of hydrogen-bond acceptors (Lipinski definition) is 5. The summed E-state index contributed by atoms with van der Waals surface area (Å²) in [5.41, 5.74) is 5.98. The van der Waals surface area contributed by atoms with Gasteiger partial charge in [-0.25, -0.2) is 4.79 Å². The van der Waals surface area contributed by atoms with Crippen LogP contribution in [0.1, 0.15) is 26.7 Å². The number of nitrogens with one attached hydrogen (secondary N) is 1. The van der Waals surface area contributed by atoms with Crippen molar-refractivity contribution < 1.29 is 14.3 Å². The summed E-state index contributed by atoms with van der Waals surface area (Å²) >= 11 is 0. The summed E-state index contributed by atoms with van der Waals surface area (Å²) in [5.74, 6) is 2.33. The van der Waals surface area contributed by atoms with Crippen LogP contribution in [0.2, 0.25) is 0 Å². The van der Waals surface area contributed by atoms with Crippen LogP contribution < -0.4 is 5.32 Å². The Balaban J connectivity index is 1.20. The fourth-order valence-corrected chi connectivity index (χ4v) is 5.93. The van der Waals surface area contributed by atoms with Gasteiger partial charge in [0.2, 0.25) is 0 Å². The Morgan fingerprint density at radius 1 is 1.22 bits per heavy atom. The van der Waals surface area contributed by atoms with Crippen molar-refractivity contribution in [3.8, 4) is 0 Å². The molecule has 0 radical (unpaired) electrons. The molecule has 6 aliphatic rings. The molecule has 4 heterocycles. The molecule has 0 aromatic rings. The number of fused-ring (bicyclic) bond motifs is 1. The lowest BCUT2D eigenvalue weighted by molar-refractivity contribution is -0.116. The number of cyclic esters (lactones) is 1. The minimum atomic E-state index is -0.243. The quantitative estimate of drug-likeness (QED) is 0.675. The molecule has 1 N–H and O–H groups in total. The third-order valence-corrected chi connectivity index (χ3v) is 7.95. The third-order valence-electron chi connectivity index (χ3n) is 7.95. The number of piperidine rings is 1. The van der Waals surface area contributed by atoms with Crippen LogP contribution in [0.25, 0.3) is 0 Å². The van der Waals surface area contributed by atoms with E-state index in [0.717, 1.165) is 47.5 Å². The molecule has 0 bridgehead atoms. The number of aliphatic imine (C=N–C) groups is 1. The van der Waals surface area contributed by atoms with E-state index < -0.39 is 0 Å². The van der Waals surface area contributed by atoms with E-state index >= 15 is 0 Å². The molecule has 1 saturated carbocycles. The molecular weight excluding hydrogens is 404 g/mol. The fraction of sp³-hybridized carbons (Fsp3) is 0.560. The number of rotatable bonds is 5. The predicted octanol–water partition coefficient (Wildman–Crippen LogP) is 2.64. The number of amides is 2. The zero-order valence-corrected chi connectivity index (χ0v) is 18.8. The minimum absolute atomic E-state index is 0.0582. The molecule has 2 saturated heterocycles. The largest absolute Gasteiger partial charge is 0.448 e. The maximum Gasteiger partial charge on any atom is 0.409 e. The minimum Gasteiger partial charge on any atom is -0.448 e. The van der Waals surface area contributed by atoms with Gasteiger partial charge in [0.05, 0.1) is 12.2 Å². The van der Waals surface area contributed by atoms with E-state index in [1.807, 2.05) is 12.2 Å². The molecule has 4 aliphatic heterocycles. The first-order valence-electron chi connectivity index (χ1n) is 11.8. The summed E-state index contributed by atoms with van der Waals surface area (Å²) in [5, 5.41) is 3.01. The smallest absolute Gasteiger partial charge is 0.409 e. The zero-order valence-electron chi connectivity index (χ0n) is 18.8. The molecule has 2 aliphatic carbocycles. The van der Waals surface area contributed by atoms with Crippen LogP contribution in [0.4, 0.5) is 4.79 Å². The van der Waals surface area contributed by atoms with Gasteiger partial charge in [0.15, 0.2) is 0 Å². The van der Waals surface area contributed by atoms with Crippen LogP contribution in [0, 0.1) is 23.7 Å². The van der Waals surface area contributed by atoms with Crippen LogP contribution in [0.3, 0.4) is 0 Å². The van der Waals surface area contributed by atoms with E-state index in [4.69, 9.17) is 9.73 Å². The lowest BCUT2D eigenvalue weighted by Gasteiger charge is -2.23.